The van der Waals surface area contributed by atoms with Crippen LogP contribution in [0.4, 0.5) is 5.69 Å². The summed E-state index contributed by atoms with van der Waals surface area (Å²) in [4.78, 5) is 12.9. The van der Waals surface area contributed by atoms with Crippen molar-refractivity contribution in [1.29, 1.82) is 0 Å². The van der Waals surface area contributed by atoms with Gasteiger partial charge in [-0.1, -0.05) is 25.5 Å². The first-order valence-corrected chi connectivity index (χ1v) is 7.29. The van der Waals surface area contributed by atoms with E-state index in [1.807, 2.05) is 6.07 Å². The minimum Gasteiger partial charge on any atom is -0.306 e. The quantitative estimate of drug-likeness (QED) is 0.641. The minimum atomic E-state index is -0.324. The Labute approximate surface area is 120 Å². The molecule has 2 atom stereocenters. The summed E-state index contributed by atoms with van der Waals surface area (Å²) in [6, 6.07) is 7.70. The Bertz CT molecular complexity index is 464. The molecule has 0 aliphatic carbocycles. The topological polar surface area (TPSA) is 58.4 Å². The van der Waals surface area contributed by atoms with Crippen LogP contribution in [0.25, 0.3) is 0 Å². The Morgan fingerprint density at radius 3 is 2.95 bits per heavy atom. The highest BCUT2D eigenvalue weighted by atomic mass is 16.6. The van der Waals surface area contributed by atoms with Crippen LogP contribution in [0.15, 0.2) is 24.3 Å². The number of rotatable bonds is 6. The lowest BCUT2D eigenvalue weighted by molar-refractivity contribution is -0.384. The van der Waals surface area contributed by atoms with Crippen molar-refractivity contribution in [3.63, 3.8) is 0 Å². The van der Waals surface area contributed by atoms with Gasteiger partial charge in [0.2, 0.25) is 0 Å². The van der Waals surface area contributed by atoms with E-state index in [0.717, 1.165) is 37.9 Å². The number of likely N-dealkylation sites (tertiary alicyclic amines) is 1. The molecule has 1 N–H and O–H groups in total. The maximum absolute atomic E-state index is 10.9. The van der Waals surface area contributed by atoms with Gasteiger partial charge in [-0.3, -0.25) is 10.1 Å². The van der Waals surface area contributed by atoms with Gasteiger partial charge in [-0.2, -0.15) is 0 Å². The van der Waals surface area contributed by atoms with Gasteiger partial charge in [-0.15, -0.1) is 0 Å². The zero-order valence-corrected chi connectivity index (χ0v) is 12.2. The van der Waals surface area contributed by atoms with Crippen LogP contribution in [0.1, 0.15) is 37.8 Å². The molecule has 5 heteroatoms. The van der Waals surface area contributed by atoms with Crippen molar-refractivity contribution in [2.75, 3.05) is 20.1 Å². The first-order valence-electron chi connectivity index (χ1n) is 7.29. The molecule has 2 rings (SSSR count). The number of hydrogen-bond donors (Lipinski definition) is 1. The fraction of sp³-hybridized carbons (Fsp3) is 0.600. The number of hydrogen-bond acceptors (Lipinski definition) is 4. The van der Waals surface area contributed by atoms with E-state index < -0.39 is 0 Å². The van der Waals surface area contributed by atoms with E-state index in [1.165, 1.54) is 0 Å². The standard InChI is InChI=1S/C15H23N3O2/c1-3-5-15(16-13-8-9-17(2)11-13)12-6-4-7-14(10-12)18(19)20/h4,6-7,10,13,15-16H,3,5,8-9,11H2,1-2H3. The molecule has 0 radical (unpaired) electrons. The van der Waals surface area contributed by atoms with E-state index in [9.17, 15) is 10.1 Å². The zero-order chi connectivity index (χ0) is 14.5. The van der Waals surface area contributed by atoms with Gasteiger partial charge in [0.1, 0.15) is 0 Å². The van der Waals surface area contributed by atoms with Crippen LogP contribution in [0.3, 0.4) is 0 Å². The van der Waals surface area contributed by atoms with Crippen LogP contribution in [0, 0.1) is 10.1 Å². The molecule has 0 saturated carbocycles. The van der Waals surface area contributed by atoms with E-state index in [4.69, 9.17) is 0 Å². The van der Waals surface area contributed by atoms with Crippen LogP contribution >= 0.6 is 0 Å². The van der Waals surface area contributed by atoms with E-state index in [-0.39, 0.29) is 16.7 Å². The lowest BCUT2D eigenvalue weighted by Crippen LogP contribution is -2.34. The number of non-ortho nitro benzene ring substituents is 1. The Morgan fingerprint density at radius 1 is 1.55 bits per heavy atom. The third-order valence-corrected chi connectivity index (χ3v) is 3.89. The highest BCUT2D eigenvalue weighted by Crippen LogP contribution is 2.24. The zero-order valence-electron chi connectivity index (χ0n) is 12.2. The van der Waals surface area contributed by atoms with Gasteiger partial charge < -0.3 is 10.2 Å². The number of benzene rings is 1. The summed E-state index contributed by atoms with van der Waals surface area (Å²) in [5.74, 6) is 0. The van der Waals surface area contributed by atoms with Crippen molar-refractivity contribution in [2.45, 2.75) is 38.3 Å². The lowest BCUT2D eigenvalue weighted by Gasteiger charge is -2.23. The van der Waals surface area contributed by atoms with Crippen molar-refractivity contribution in [3.8, 4) is 0 Å². The minimum absolute atomic E-state index is 0.175. The van der Waals surface area contributed by atoms with Crippen LogP contribution in [0.2, 0.25) is 0 Å². The molecule has 0 aromatic heterocycles. The van der Waals surface area contributed by atoms with E-state index in [0.29, 0.717) is 6.04 Å². The van der Waals surface area contributed by atoms with E-state index in [2.05, 4.69) is 24.2 Å². The summed E-state index contributed by atoms with van der Waals surface area (Å²) in [6.07, 6.45) is 3.20. The molecule has 110 valence electrons. The van der Waals surface area contributed by atoms with Crippen molar-refractivity contribution in [2.24, 2.45) is 0 Å². The summed E-state index contributed by atoms with van der Waals surface area (Å²) in [5.41, 5.74) is 1.20. The molecule has 1 aliphatic rings. The van der Waals surface area contributed by atoms with Gasteiger partial charge in [0.05, 0.1) is 4.92 Å². The Hall–Kier alpha value is -1.46. The highest BCUT2D eigenvalue weighted by molar-refractivity contribution is 5.35. The molecule has 1 fully saturated rings. The van der Waals surface area contributed by atoms with Crippen molar-refractivity contribution < 1.29 is 4.92 Å². The lowest BCUT2D eigenvalue weighted by atomic mass is 10.0. The van der Waals surface area contributed by atoms with Gasteiger partial charge >= 0.3 is 0 Å². The molecule has 2 unspecified atom stereocenters. The number of nitrogens with zero attached hydrogens (tertiary/aromatic N) is 2. The molecule has 0 bridgehead atoms. The average Bonchev–Trinajstić information content (AvgIpc) is 2.84. The molecule has 1 heterocycles. The second-order valence-electron chi connectivity index (χ2n) is 5.61. The smallest absolute Gasteiger partial charge is 0.269 e. The molecular formula is C15H23N3O2. The monoisotopic (exact) mass is 277 g/mol. The molecule has 0 amide bonds. The largest absolute Gasteiger partial charge is 0.306 e. The second kappa shape index (κ2) is 6.81. The molecular weight excluding hydrogens is 254 g/mol. The maximum atomic E-state index is 10.9. The van der Waals surface area contributed by atoms with Crippen molar-refractivity contribution >= 4 is 5.69 Å². The molecule has 1 saturated heterocycles. The fourth-order valence-electron chi connectivity index (χ4n) is 2.85. The predicted molar refractivity (Wildman–Crippen MR) is 79.8 cm³/mol. The molecule has 1 aromatic rings. The number of nitro groups is 1. The molecule has 20 heavy (non-hydrogen) atoms. The third-order valence-electron chi connectivity index (χ3n) is 3.89. The van der Waals surface area contributed by atoms with Crippen molar-refractivity contribution in [1.82, 2.24) is 10.2 Å². The van der Waals surface area contributed by atoms with Crippen LogP contribution in [0.5, 0.6) is 0 Å². The summed E-state index contributed by atoms with van der Waals surface area (Å²) in [6.45, 7) is 4.31. The number of nitro benzene ring substituents is 1. The van der Waals surface area contributed by atoms with Gasteiger partial charge in [0.15, 0.2) is 0 Å². The molecule has 0 spiro atoms. The Morgan fingerprint density at radius 2 is 2.35 bits per heavy atom. The molecule has 1 aliphatic heterocycles. The third kappa shape index (κ3) is 3.77. The summed E-state index contributed by atoms with van der Waals surface area (Å²) >= 11 is 0. The van der Waals surface area contributed by atoms with E-state index >= 15 is 0 Å². The first-order chi connectivity index (χ1) is 9.60. The second-order valence-corrected chi connectivity index (χ2v) is 5.61. The molecule has 1 aromatic carbocycles. The number of likely N-dealkylation sites (N-methyl/N-ethyl adjacent to an activating group) is 1. The van der Waals surface area contributed by atoms with Crippen LogP contribution in [-0.2, 0) is 0 Å². The summed E-state index contributed by atoms with van der Waals surface area (Å²) < 4.78 is 0. The molecule has 5 nitrogen and oxygen atoms in total. The normalized spacial score (nSPS) is 21.0. The maximum Gasteiger partial charge on any atom is 0.269 e. The van der Waals surface area contributed by atoms with Crippen molar-refractivity contribution in [3.05, 3.63) is 39.9 Å². The van der Waals surface area contributed by atoms with E-state index in [1.54, 1.807) is 18.2 Å². The fourth-order valence-corrected chi connectivity index (χ4v) is 2.85. The van der Waals surface area contributed by atoms with Crippen LogP contribution in [-0.4, -0.2) is 36.0 Å². The van der Waals surface area contributed by atoms with Gasteiger partial charge in [0.25, 0.3) is 5.69 Å². The number of nitrogens with one attached hydrogen (secondary N) is 1. The predicted octanol–water partition coefficient (Wildman–Crippen LogP) is 2.73. The first kappa shape index (κ1) is 14.9. The highest BCUT2D eigenvalue weighted by Gasteiger charge is 2.23. The average molecular weight is 277 g/mol. The summed E-state index contributed by atoms with van der Waals surface area (Å²) in [5, 5.41) is 14.6. The van der Waals surface area contributed by atoms with Gasteiger partial charge in [-0.05, 0) is 32.0 Å². The van der Waals surface area contributed by atoms with Gasteiger partial charge in [0, 0.05) is 30.8 Å². The summed E-state index contributed by atoms with van der Waals surface area (Å²) in [7, 11) is 2.13. The Kier molecular flexibility index (Phi) is 5.09. The SMILES string of the molecule is CCCC(NC1CCN(C)C1)c1cccc([N+](=O)[O-])c1. The van der Waals surface area contributed by atoms with Gasteiger partial charge in [-0.25, -0.2) is 0 Å². The van der Waals surface area contributed by atoms with Crippen LogP contribution < -0.4 is 5.32 Å². The Balaban J connectivity index is 2.11.